The van der Waals surface area contributed by atoms with Crippen LogP contribution in [-0.2, 0) is 0 Å². The lowest BCUT2D eigenvalue weighted by Crippen LogP contribution is -2.47. The van der Waals surface area contributed by atoms with Crippen molar-refractivity contribution in [2.24, 2.45) is 0 Å². The van der Waals surface area contributed by atoms with E-state index in [1.54, 1.807) is 12.1 Å². The van der Waals surface area contributed by atoms with E-state index < -0.39 is 7.12 Å². The second kappa shape index (κ2) is 7.20. The molecular weight excluding hydrogens is 255 g/mol. The molecule has 0 spiro atoms. The SMILES string of the molecule is CC(c1ccc(B(O)O)cc1)N1CCN(CCO)CC1. The molecule has 6 heteroatoms. The molecule has 0 aromatic heterocycles. The third kappa shape index (κ3) is 3.80. The van der Waals surface area contributed by atoms with Gasteiger partial charge in [0.15, 0.2) is 0 Å². The van der Waals surface area contributed by atoms with E-state index in [1.165, 1.54) is 5.56 Å². The van der Waals surface area contributed by atoms with Gasteiger partial charge in [0.2, 0.25) is 0 Å². The van der Waals surface area contributed by atoms with Gasteiger partial charge in [-0.3, -0.25) is 9.80 Å². The van der Waals surface area contributed by atoms with Crippen LogP contribution in [0.3, 0.4) is 0 Å². The lowest BCUT2D eigenvalue weighted by Gasteiger charge is -2.38. The third-order valence-corrected chi connectivity index (χ3v) is 4.09. The maximum Gasteiger partial charge on any atom is 0.488 e. The van der Waals surface area contributed by atoms with Gasteiger partial charge in [0.1, 0.15) is 0 Å². The molecular formula is C14H23BN2O3. The predicted molar refractivity (Wildman–Crippen MR) is 79.8 cm³/mol. The van der Waals surface area contributed by atoms with Gasteiger partial charge in [0.25, 0.3) is 0 Å². The second-order valence-corrected chi connectivity index (χ2v) is 5.32. The van der Waals surface area contributed by atoms with Crippen LogP contribution in [0.4, 0.5) is 0 Å². The van der Waals surface area contributed by atoms with Crippen molar-refractivity contribution < 1.29 is 15.2 Å². The van der Waals surface area contributed by atoms with Gasteiger partial charge >= 0.3 is 7.12 Å². The van der Waals surface area contributed by atoms with Crippen LogP contribution >= 0.6 is 0 Å². The maximum absolute atomic E-state index is 9.10. The standard InChI is InChI=1S/C14H23BN2O3/c1-12(13-2-4-14(5-3-13)15(19)20)17-8-6-16(7-9-17)10-11-18/h2-5,12,18-20H,6-11H2,1H3. The van der Waals surface area contributed by atoms with Crippen molar-refractivity contribution >= 4 is 12.6 Å². The van der Waals surface area contributed by atoms with Gasteiger partial charge in [-0.15, -0.1) is 0 Å². The summed E-state index contributed by atoms with van der Waals surface area (Å²) in [5.41, 5.74) is 1.71. The van der Waals surface area contributed by atoms with Gasteiger partial charge in [-0.25, -0.2) is 0 Å². The van der Waals surface area contributed by atoms with Crippen LogP contribution in [0.2, 0.25) is 0 Å². The van der Waals surface area contributed by atoms with Crippen molar-refractivity contribution in [3.8, 4) is 0 Å². The van der Waals surface area contributed by atoms with Gasteiger partial charge in [-0.2, -0.15) is 0 Å². The van der Waals surface area contributed by atoms with Crippen molar-refractivity contribution in [2.75, 3.05) is 39.3 Å². The molecule has 0 aliphatic carbocycles. The van der Waals surface area contributed by atoms with E-state index in [2.05, 4.69) is 16.7 Å². The fourth-order valence-electron chi connectivity index (χ4n) is 2.67. The molecule has 2 rings (SSSR count). The van der Waals surface area contributed by atoms with Gasteiger partial charge in [-0.05, 0) is 17.9 Å². The van der Waals surface area contributed by atoms with E-state index in [1.807, 2.05) is 12.1 Å². The molecule has 1 saturated heterocycles. The first kappa shape index (κ1) is 15.5. The van der Waals surface area contributed by atoms with E-state index >= 15 is 0 Å². The van der Waals surface area contributed by atoms with Crippen molar-refractivity contribution in [3.05, 3.63) is 29.8 Å². The molecule has 1 aromatic rings. The lowest BCUT2D eigenvalue weighted by molar-refractivity contribution is 0.0888. The summed E-state index contributed by atoms with van der Waals surface area (Å²) >= 11 is 0. The zero-order chi connectivity index (χ0) is 14.5. The Bertz CT molecular complexity index is 405. The first-order chi connectivity index (χ1) is 9.61. The topological polar surface area (TPSA) is 67.2 Å². The molecule has 1 fully saturated rings. The Morgan fingerprint density at radius 1 is 1.10 bits per heavy atom. The smallest absolute Gasteiger partial charge is 0.423 e. The summed E-state index contributed by atoms with van der Waals surface area (Å²) in [6.45, 7) is 7.10. The minimum atomic E-state index is -1.40. The number of benzene rings is 1. The van der Waals surface area contributed by atoms with E-state index in [0.717, 1.165) is 32.7 Å². The number of β-amino-alcohol motifs (C(OH)–C–C–N with tert-alkyl or cyclic N) is 1. The monoisotopic (exact) mass is 278 g/mol. The van der Waals surface area contributed by atoms with Crippen LogP contribution in [0.1, 0.15) is 18.5 Å². The normalized spacial score (nSPS) is 19.0. The predicted octanol–water partition coefficient (Wildman–Crippen LogP) is -0.963. The first-order valence-corrected chi connectivity index (χ1v) is 7.15. The summed E-state index contributed by atoms with van der Waals surface area (Å²) in [7, 11) is -1.40. The number of piperazine rings is 1. The molecule has 0 radical (unpaired) electrons. The number of aliphatic hydroxyl groups is 1. The van der Waals surface area contributed by atoms with E-state index in [0.29, 0.717) is 11.5 Å². The van der Waals surface area contributed by atoms with Crippen molar-refractivity contribution in [1.29, 1.82) is 0 Å². The number of aliphatic hydroxyl groups excluding tert-OH is 1. The van der Waals surface area contributed by atoms with E-state index in [9.17, 15) is 0 Å². The Morgan fingerprint density at radius 2 is 1.70 bits per heavy atom. The Balaban J connectivity index is 1.93. The Morgan fingerprint density at radius 3 is 2.20 bits per heavy atom. The molecule has 1 aliphatic rings. The van der Waals surface area contributed by atoms with Gasteiger partial charge in [0, 0.05) is 38.8 Å². The fourth-order valence-corrected chi connectivity index (χ4v) is 2.67. The molecule has 1 aromatic carbocycles. The van der Waals surface area contributed by atoms with Crippen molar-refractivity contribution in [3.63, 3.8) is 0 Å². The third-order valence-electron chi connectivity index (χ3n) is 4.09. The second-order valence-electron chi connectivity index (χ2n) is 5.32. The van der Waals surface area contributed by atoms with Gasteiger partial charge in [-0.1, -0.05) is 24.3 Å². The average Bonchev–Trinajstić information content (AvgIpc) is 2.48. The molecule has 20 heavy (non-hydrogen) atoms. The summed E-state index contributed by atoms with van der Waals surface area (Å²) in [6.07, 6.45) is 0. The molecule has 0 amide bonds. The summed E-state index contributed by atoms with van der Waals surface area (Å²) in [4.78, 5) is 4.69. The zero-order valence-electron chi connectivity index (χ0n) is 11.9. The Labute approximate surface area is 120 Å². The molecule has 5 nitrogen and oxygen atoms in total. The Kier molecular flexibility index (Phi) is 5.57. The van der Waals surface area contributed by atoms with Crippen LogP contribution in [-0.4, -0.2) is 71.4 Å². The van der Waals surface area contributed by atoms with Crippen LogP contribution in [0.25, 0.3) is 0 Å². The highest BCUT2D eigenvalue weighted by Crippen LogP contribution is 2.20. The highest BCUT2D eigenvalue weighted by Gasteiger charge is 2.22. The molecule has 0 saturated carbocycles. The summed E-state index contributed by atoms with van der Waals surface area (Å²) in [6, 6.07) is 7.76. The average molecular weight is 278 g/mol. The van der Waals surface area contributed by atoms with Crippen molar-refractivity contribution in [2.45, 2.75) is 13.0 Å². The van der Waals surface area contributed by atoms with Crippen LogP contribution in [0.5, 0.6) is 0 Å². The molecule has 1 atom stereocenters. The van der Waals surface area contributed by atoms with Gasteiger partial charge in [0.05, 0.1) is 6.61 Å². The molecule has 110 valence electrons. The number of nitrogens with zero attached hydrogens (tertiary/aromatic N) is 2. The van der Waals surface area contributed by atoms with Crippen molar-refractivity contribution in [1.82, 2.24) is 9.80 Å². The summed E-state index contributed by atoms with van der Waals surface area (Å²) in [5.74, 6) is 0. The largest absolute Gasteiger partial charge is 0.488 e. The molecule has 1 unspecified atom stereocenters. The van der Waals surface area contributed by atoms with Crippen LogP contribution in [0, 0.1) is 0 Å². The first-order valence-electron chi connectivity index (χ1n) is 7.15. The zero-order valence-corrected chi connectivity index (χ0v) is 11.9. The quantitative estimate of drug-likeness (QED) is 0.605. The minimum absolute atomic E-state index is 0.223. The lowest BCUT2D eigenvalue weighted by atomic mass is 9.80. The van der Waals surface area contributed by atoms with Gasteiger partial charge < -0.3 is 15.2 Å². The number of hydrogen-bond acceptors (Lipinski definition) is 5. The summed E-state index contributed by atoms with van der Waals surface area (Å²) < 4.78 is 0. The molecule has 1 heterocycles. The number of hydrogen-bond donors (Lipinski definition) is 3. The highest BCUT2D eigenvalue weighted by molar-refractivity contribution is 6.58. The molecule has 0 bridgehead atoms. The van der Waals surface area contributed by atoms with Crippen LogP contribution < -0.4 is 5.46 Å². The maximum atomic E-state index is 9.10. The highest BCUT2D eigenvalue weighted by atomic mass is 16.4. The van der Waals surface area contributed by atoms with E-state index in [4.69, 9.17) is 15.2 Å². The Hall–Kier alpha value is -0.915. The summed E-state index contributed by atoms with van der Waals surface area (Å²) in [5, 5.41) is 27.1. The van der Waals surface area contributed by atoms with E-state index in [-0.39, 0.29) is 6.61 Å². The van der Waals surface area contributed by atoms with Crippen LogP contribution in [0.15, 0.2) is 24.3 Å². The fraction of sp³-hybridized carbons (Fsp3) is 0.571. The number of rotatable bonds is 5. The molecule has 3 N–H and O–H groups in total. The molecule has 1 aliphatic heterocycles. The minimum Gasteiger partial charge on any atom is -0.423 e.